The molecule has 1 aromatic heterocycles. The molecule has 0 aliphatic heterocycles. The second-order valence-corrected chi connectivity index (χ2v) is 7.00. The molecule has 2 unspecified atom stereocenters. The summed E-state index contributed by atoms with van der Waals surface area (Å²) < 4.78 is 5.08. The van der Waals surface area contributed by atoms with E-state index in [1.165, 1.54) is 11.3 Å². The van der Waals surface area contributed by atoms with E-state index in [4.69, 9.17) is 4.74 Å². The lowest BCUT2D eigenvalue weighted by atomic mass is 10.1. The Labute approximate surface area is 123 Å². The third-order valence-electron chi connectivity index (χ3n) is 2.53. The third kappa shape index (κ3) is 5.90. The molecule has 20 heavy (non-hydrogen) atoms. The minimum Gasteiger partial charge on any atom is -0.444 e. The minimum absolute atomic E-state index is 0.248. The Bertz CT molecular complexity index is 439. The molecule has 2 atom stereocenters. The Balaban J connectivity index is 2.33. The molecule has 114 valence electrons. The number of carbonyl (C=O) groups excluding carboxylic acids is 1. The maximum absolute atomic E-state index is 11.4. The van der Waals surface area contributed by atoms with Crippen LogP contribution in [-0.2, 0) is 4.74 Å². The van der Waals surface area contributed by atoms with Gasteiger partial charge >= 0.3 is 6.09 Å². The second kappa shape index (κ2) is 7.06. The molecule has 0 aliphatic carbocycles. The summed E-state index contributed by atoms with van der Waals surface area (Å²) in [4.78, 5) is 13.2. The quantitative estimate of drug-likeness (QED) is 0.780. The van der Waals surface area contributed by atoms with Crippen molar-refractivity contribution in [2.45, 2.75) is 51.9 Å². The zero-order valence-corrected chi connectivity index (χ0v) is 13.2. The van der Waals surface area contributed by atoms with Crippen molar-refractivity contribution >= 4 is 17.4 Å². The smallest absolute Gasteiger partial charge is 0.407 e. The topological polar surface area (TPSA) is 78.8 Å². The number of carbonyl (C=O) groups is 1. The Morgan fingerprint density at radius 3 is 2.55 bits per heavy atom. The van der Waals surface area contributed by atoms with Gasteiger partial charge in [-0.1, -0.05) is 0 Å². The van der Waals surface area contributed by atoms with Crippen molar-refractivity contribution in [3.63, 3.8) is 0 Å². The Hall–Kier alpha value is -1.11. The lowest BCUT2D eigenvalue weighted by Gasteiger charge is -2.20. The van der Waals surface area contributed by atoms with Gasteiger partial charge in [0.25, 0.3) is 0 Å². The molecule has 1 rings (SSSR count). The summed E-state index contributed by atoms with van der Waals surface area (Å²) in [5.74, 6) is 0. The molecule has 1 heterocycles. The van der Waals surface area contributed by atoms with Crippen LogP contribution in [0.2, 0.25) is 0 Å². The first-order valence-corrected chi connectivity index (χ1v) is 7.40. The molecular formula is C14H23NO4S. The van der Waals surface area contributed by atoms with Crippen LogP contribution in [0.25, 0.3) is 0 Å². The van der Waals surface area contributed by atoms with Crippen LogP contribution in [0.15, 0.2) is 12.1 Å². The van der Waals surface area contributed by atoms with Crippen LogP contribution < -0.4 is 5.32 Å². The molecule has 1 amide bonds. The van der Waals surface area contributed by atoms with E-state index in [1.807, 2.05) is 13.0 Å². The highest BCUT2D eigenvalue weighted by molar-refractivity contribution is 7.12. The predicted molar refractivity (Wildman–Crippen MR) is 78.9 cm³/mol. The number of rotatable bonds is 5. The number of ether oxygens (including phenoxy) is 1. The molecule has 0 fully saturated rings. The molecule has 3 N–H and O–H groups in total. The molecule has 0 aliphatic rings. The predicted octanol–water partition coefficient (Wildman–Crippen LogP) is 2.37. The Morgan fingerprint density at radius 1 is 1.40 bits per heavy atom. The zero-order chi connectivity index (χ0) is 15.3. The van der Waals surface area contributed by atoms with E-state index in [1.54, 1.807) is 26.8 Å². The van der Waals surface area contributed by atoms with Crippen LogP contribution in [0, 0.1) is 6.92 Å². The van der Waals surface area contributed by atoms with Crippen LogP contribution in [0.1, 0.15) is 43.1 Å². The number of aliphatic hydroxyl groups is 2. The van der Waals surface area contributed by atoms with Crippen LogP contribution in [-0.4, -0.2) is 34.6 Å². The lowest BCUT2D eigenvalue weighted by Crippen LogP contribution is -2.34. The Kier molecular flexibility index (Phi) is 5.98. The van der Waals surface area contributed by atoms with E-state index >= 15 is 0 Å². The number of aliphatic hydroxyl groups excluding tert-OH is 2. The molecule has 0 spiro atoms. The summed E-state index contributed by atoms with van der Waals surface area (Å²) in [7, 11) is 0. The lowest BCUT2D eigenvalue weighted by molar-refractivity contribution is 0.0143. The van der Waals surface area contributed by atoms with Gasteiger partial charge in [0.05, 0.1) is 6.10 Å². The fraction of sp³-hybridized carbons (Fsp3) is 0.643. The van der Waals surface area contributed by atoms with Gasteiger partial charge in [0, 0.05) is 16.3 Å². The van der Waals surface area contributed by atoms with Crippen molar-refractivity contribution in [3.05, 3.63) is 21.9 Å². The van der Waals surface area contributed by atoms with E-state index in [0.717, 1.165) is 9.75 Å². The maximum Gasteiger partial charge on any atom is 0.407 e. The van der Waals surface area contributed by atoms with Gasteiger partial charge in [-0.3, -0.25) is 0 Å². The third-order valence-corrected chi connectivity index (χ3v) is 3.60. The van der Waals surface area contributed by atoms with E-state index < -0.39 is 23.9 Å². The highest BCUT2D eigenvalue weighted by atomic mass is 32.1. The summed E-state index contributed by atoms with van der Waals surface area (Å²) >= 11 is 1.45. The SMILES string of the molecule is Cc1ccc(C(O)C(O)CCNC(=O)OC(C)(C)C)s1. The van der Waals surface area contributed by atoms with Gasteiger partial charge in [-0.25, -0.2) is 4.79 Å². The van der Waals surface area contributed by atoms with E-state index in [9.17, 15) is 15.0 Å². The minimum atomic E-state index is -0.922. The van der Waals surface area contributed by atoms with Gasteiger partial charge in [0.1, 0.15) is 11.7 Å². The number of alkyl carbamates (subject to hydrolysis) is 1. The average Bonchev–Trinajstić information content (AvgIpc) is 2.72. The van der Waals surface area contributed by atoms with Crippen molar-refractivity contribution in [2.24, 2.45) is 0 Å². The van der Waals surface area contributed by atoms with Gasteiger partial charge in [-0.15, -0.1) is 11.3 Å². The first kappa shape index (κ1) is 16.9. The van der Waals surface area contributed by atoms with Crippen molar-refractivity contribution in [1.82, 2.24) is 5.32 Å². The molecule has 6 heteroatoms. The number of amides is 1. The van der Waals surface area contributed by atoms with Gasteiger partial charge in [0.15, 0.2) is 0 Å². The maximum atomic E-state index is 11.4. The molecule has 5 nitrogen and oxygen atoms in total. The molecule has 0 aromatic carbocycles. The zero-order valence-electron chi connectivity index (χ0n) is 12.3. The van der Waals surface area contributed by atoms with E-state index in [-0.39, 0.29) is 13.0 Å². The molecule has 0 saturated heterocycles. The van der Waals surface area contributed by atoms with E-state index in [2.05, 4.69) is 5.32 Å². The monoisotopic (exact) mass is 301 g/mol. The van der Waals surface area contributed by atoms with E-state index in [0.29, 0.717) is 0 Å². The first-order chi connectivity index (χ1) is 9.19. The molecule has 0 bridgehead atoms. The fourth-order valence-corrected chi connectivity index (χ4v) is 2.52. The number of hydrogen-bond donors (Lipinski definition) is 3. The standard InChI is InChI=1S/C14H23NO4S/c1-9-5-6-11(20-9)12(17)10(16)7-8-15-13(18)19-14(2,3)4/h5-6,10,12,16-17H,7-8H2,1-4H3,(H,15,18). The summed E-state index contributed by atoms with van der Waals surface area (Å²) in [6, 6.07) is 3.70. The average molecular weight is 301 g/mol. The highest BCUT2D eigenvalue weighted by Crippen LogP contribution is 2.26. The van der Waals surface area contributed by atoms with Crippen LogP contribution in [0.3, 0.4) is 0 Å². The second-order valence-electron chi connectivity index (χ2n) is 5.68. The summed E-state index contributed by atoms with van der Waals surface area (Å²) in [5, 5.41) is 22.4. The molecular weight excluding hydrogens is 278 g/mol. The molecule has 1 aromatic rings. The van der Waals surface area contributed by atoms with Crippen molar-refractivity contribution in [1.29, 1.82) is 0 Å². The van der Waals surface area contributed by atoms with Crippen LogP contribution >= 0.6 is 11.3 Å². The summed E-state index contributed by atoms with van der Waals surface area (Å²) in [5.41, 5.74) is -0.545. The number of nitrogens with one attached hydrogen (secondary N) is 1. The largest absolute Gasteiger partial charge is 0.444 e. The van der Waals surface area contributed by atoms with Crippen molar-refractivity contribution in [3.8, 4) is 0 Å². The number of aryl methyl sites for hydroxylation is 1. The Morgan fingerprint density at radius 2 is 2.05 bits per heavy atom. The van der Waals surface area contributed by atoms with Gasteiger partial charge in [-0.05, 0) is 46.2 Å². The fourth-order valence-electron chi connectivity index (χ4n) is 1.60. The van der Waals surface area contributed by atoms with Crippen molar-refractivity contribution < 1.29 is 19.7 Å². The first-order valence-electron chi connectivity index (χ1n) is 6.58. The van der Waals surface area contributed by atoms with Gasteiger partial charge in [0.2, 0.25) is 0 Å². The normalized spacial score (nSPS) is 14.7. The highest BCUT2D eigenvalue weighted by Gasteiger charge is 2.20. The van der Waals surface area contributed by atoms with Gasteiger partial charge < -0.3 is 20.3 Å². The van der Waals surface area contributed by atoms with Gasteiger partial charge in [-0.2, -0.15) is 0 Å². The van der Waals surface area contributed by atoms with Crippen molar-refractivity contribution in [2.75, 3.05) is 6.54 Å². The van der Waals surface area contributed by atoms with Crippen LogP contribution in [0.4, 0.5) is 4.79 Å². The van der Waals surface area contributed by atoms with Crippen LogP contribution in [0.5, 0.6) is 0 Å². The summed E-state index contributed by atoms with van der Waals surface area (Å²) in [6.07, 6.45) is -2.10. The number of thiophene rings is 1. The number of hydrogen-bond acceptors (Lipinski definition) is 5. The summed E-state index contributed by atoms with van der Waals surface area (Å²) in [6.45, 7) is 7.54. The molecule has 0 saturated carbocycles. The molecule has 0 radical (unpaired) electrons.